The van der Waals surface area contributed by atoms with Crippen LogP contribution in [0.25, 0.3) is 11.3 Å². The van der Waals surface area contributed by atoms with E-state index >= 15 is 0 Å². The Morgan fingerprint density at radius 1 is 1.26 bits per heavy atom. The van der Waals surface area contributed by atoms with Crippen molar-refractivity contribution >= 4 is 0 Å². The third-order valence-electron chi connectivity index (χ3n) is 3.68. The second kappa shape index (κ2) is 3.51. The van der Waals surface area contributed by atoms with Crippen LogP contribution in [0.1, 0.15) is 18.7 Å². The van der Waals surface area contributed by atoms with Gasteiger partial charge in [0.2, 0.25) is 6.79 Å². The van der Waals surface area contributed by atoms with Crippen molar-refractivity contribution in [3.05, 3.63) is 30.2 Å². The number of nitriles is 1. The number of imidazole rings is 1. The third-order valence-corrected chi connectivity index (χ3v) is 3.68. The summed E-state index contributed by atoms with van der Waals surface area (Å²) in [6.07, 6.45) is 3.54. The summed E-state index contributed by atoms with van der Waals surface area (Å²) in [6.45, 7) is 0.268. The molecule has 1 aliphatic carbocycles. The molecule has 1 fully saturated rings. The van der Waals surface area contributed by atoms with Gasteiger partial charge in [0.05, 0.1) is 18.0 Å². The number of hydrogen-bond acceptors (Lipinski definition) is 4. The Balaban J connectivity index is 1.72. The van der Waals surface area contributed by atoms with Gasteiger partial charge in [0.1, 0.15) is 11.2 Å². The van der Waals surface area contributed by atoms with Crippen LogP contribution in [-0.2, 0) is 5.41 Å². The van der Waals surface area contributed by atoms with E-state index in [1.807, 2.05) is 18.2 Å². The third kappa shape index (κ3) is 1.50. The Morgan fingerprint density at radius 2 is 2.11 bits per heavy atom. The van der Waals surface area contributed by atoms with E-state index in [1.54, 1.807) is 6.20 Å². The minimum atomic E-state index is -0.380. The van der Waals surface area contributed by atoms with Crippen molar-refractivity contribution in [2.45, 2.75) is 18.3 Å². The predicted octanol–water partition coefficient (Wildman–Crippen LogP) is 2.36. The molecule has 94 valence electrons. The molecule has 2 aliphatic rings. The van der Waals surface area contributed by atoms with Gasteiger partial charge in [0.25, 0.3) is 0 Å². The van der Waals surface area contributed by atoms with E-state index in [-0.39, 0.29) is 12.2 Å². The number of aromatic nitrogens is 2. The predicted molar refractivity (Wildman–Crippen MR) is 66.7 cm³/mol. The van der Waals surface area contributed by atoms with E-state index in [9.17, 15) is 5.26 Å². The Labute approximate surface area is 109 Å². The number of benzene rings is 1. The zero-order valence-corrected chi connectivity index (χ0v) is 10.1. The molecular weight excluding hydrogens is 242 g/mol. The number of H-pyrrole nitrogens is 1. The number of hydrogen-bond donors (Lipinski definition) is 1. The standard InChI is InChI=1S/C14H11N3O2/c15-7-14(3-4-14)13-16-6-10(17-13)9-1-2-11-12(5-9)19-8-18-11/h1-2,5-6H,3-4,8H2,(H,16,17). The average molecular weight is 253 g/mol. The maximum absolute atomic E-state index is 9.17. The quantitative estimate of drug-likeness (QED) is 0.891. The lowest BCUT2D eigenvalue weighted by molar-refractivity contribution is 0.174. The van der Waals surface area contributed by atoms with Crippen molar-refractivity contribution in [1.82, 2.24) is 9.97 Å². The van der Waals surface area contributed by atoms with E-state index < -0.39 is 0 Å². The molecule has 1 aliphatic heterocycles. The first kappa shape index (κ1) is 10.4. The van der Waals surface area contributed by atoms with Crippen LogP contribution in [0.5, 0.6) is 11.5 Å². The van der Waals surface area contributed by atoms with E-state index in [1.165, 1.54) is 0 Å². The van der Waals surface area contributed by atoms with Crippen LogP contribution in [0.3, 0.4) is 0 Å². The number of rotatable bonds is 2. The smallest absolute Gasteiger partial charge is 0.231 e. The molecule has 1 aromatic carbocycles. The van der Waals surface area contributed by atoms with Gasteiger partial charge in [0.15, 0.2) is 11.5 Å². The van der Waals surface area contributed by atoms with Crippen LogP contribution < -0.4 is 9.47 Å². The highest BCUT2D eigenvalue weighted by molar-refractivity contribution is 5.64. The molecule has 2 heterocycles. The topological polar surface area (TPSA) is 70.9 Å². The van der Waals surface area contributed by atoms with E-state index in [2.05, 4.69) is 16.0 Å². The second-order valence-corrected chi connectivity index (χ2v) is 4.91. The lowest BCUT2D eigenvalue weighted by Crippen LogP contribution is -2.04. The lowest BCUT2D eigenvalue weighted by atomic mass is 10.1. The van der Waals surface area contributed by atoms with Crippen LogP contribution in [0.15, 0.2) is 24.4 Å². The largest absolute Gasteiger partial charge is 0.454 e. The van der Waals surface area contributed by atoms with Gasteiger partial charge in [-0.05, 0) is 31.0 Å². The zero-order chi connectivity index (χ0) is 12.9. The molecule has 0 atom stereocenters. The summed E-state index contributed by atoms with van der Waals surface area (Å²) in [5.74, 6) is 2.27. The Kier molecular flexibility index (Phi) is 1.93. The van der Waals surface area contributed by atoms with Gasteiger partial charge in [-0.2, -0.15) is 5.26 Å². The molecule has 19 heavy (non-hydrogen) atoms. The summed E-state index contributed by atoms with van der Waals surface area (Å²) >= 11 is 0. The highest BCUT2D eigenvalue weighted by Crippen LogP contribution is 2.46. The first-order valence-electron chi connectivity index (χ1n) is 6.17. The van der Waals surface area contributed by atoms with Gasteiger partial charge in [-0.25, -0.2) is 4.98 Å². The van der Waals surface area contributed by atoms with Crippen molar-refractivity contribution in [2.24, 2.45) is 0 Å². The molecule has 2 aromatic rings. The van der Waals surface area contributed by atoms with Gasteiger partial charge in [-0.3, -0.25) is 0 Å². The zero-order valence-electron chi connectivity index (χ0n) is 10.1. The molecule has 0 saturated heterocycles. The van der Waals surface area contributed by atoms with Crippen molar-refractivity contribution < 1.29 is 9.47 Å². The van der Waals surface area contributed by atoms with Crippen LogP contribution in [0, 0.1) is 11.3 Å². The van der Waals surface area contributed by atoms with E-state index in [0.29, 0.717) is 0 Å². The minimum absolute atomic E-state index is 0.268. The molecule has 0 radical (unpaired) electrons. The number of ether oxygens (including phenoxy) is 2. The maximum Gasteiger partial charge on any atom is 0.231 e. The normalized spacial score (nSPS) is 18.1. The number of aromatic amines is 1. The molecule has 5 heteroatoms. The molecule has 0 unspecified atom stereocenters. The molecule has 1 N–H and O–H groups in total. The summed E-state index contributed by atoms with van der Waals surface area (Å²) in [5.41, 5.74) is 1.50. The second-order valence-electron chi connectivity index (χ2n) is 4.91. The Bertz CT molecular complexity index is 695. The summed E-state index contributed by atoms with van der Waals surface area (Å²) in [5, 5.41) is 9.17. The maximum atomic E-state index is 9.17. The number of nitrogens with one attached hydrogen (secondary N) is 1. The lowest BCUT2D eigenvalue weighted by Gasteiger charge is -2.01. The van der Waals surface area contributed by atoms with Crippen LogP contribution in [0.4, 0.5) is 0 Å². The fourth-order valence-corrected chi connectivity index (χ4v) is 2.30. The number of nitrogens with zero attached hydrogens (tertiary/aromatic N) is 2. The highest BCUT2D eigenvalue weighted by atomic mass is 16.7. The molecule has 1 saturated carbocycles. The SMILES string of the molecule is N#CC1(c2ncc(-c3ccc4c(c3)OCO4)[nH]2)CC1. The fourth-order valence-electron chi connectivity index (χ4n) is 2.30. The highest BCUT2D eigenvalue weighted by Gasteiger charge is 2.47. The van der Waals surface area contributed by atoms with Gasteiger partial charge < -0.3 is 14.5 Å². The van der Waals surface area contributed by atoms with Gasteiger partial charge in [0, 0.05) is 5.56 Å². The first-order valence-corrected chi connectivity index (χ1v) is 6.17. The monoisotopic (exact) mass is 253 g/mol. The van der Waals surface area contributed by atoms with Gasteiger partial charge >= 0.3 is 0 Å². The Hall–Kier alpha value is -2.48. The number of fused-ring (bicyclic) bond motifs is 1. The molecule has 0 spiro atoms. The molecule has 4 rings (SSSR count). The van der Waals surface area contributed by atoms with Gasteiger partial charge in [-0.15, -0.1) is 0 Å². The van der Waals surface area contributed by atoms with Crippen molar-refractivity contribution in [3.8, 4) is 28.8 Å². The molecule has 0 amide bonds. The molecular formula is C14H11N3O2. The fraction of sp³-hybridized carbons (Fsp3) is 0.286. The van der Waals surface area contributed by atoms with Gasteiger partial charge in [-0.1, -0.05) is 0 Å². The van der Waals surface area contributed by atoms with Crippen molar-refractivity contribution in [1.29, 1.82) is 5.26 Å². The first-order chi connectivity index (χ1) is 9.31. The van der Waals surface area contributed by atoms with E-state index in [0.717, 1.165) is 41.4 Å². The molecule has 5 nitrogen and oxygen atoms in total. The van der Waals surface area contributed by atoms with Crippen molar-refractivity contribution in [3.63, 3.8) is 0 Å². The van der Waals surface area contributed by atoms with Crippen molar-refractivity contribution in [2.75, 3.05) is 6.79 Å². The summed E-state index contributed by atoms with van der Waals surface area (Å²) < 4.78 is 10.6. The minimum Gasteiger partial charge on any atom is -0.454 e. The van der Waals surface area contributed by atoms with Crippen LogP contribution >= 0.6 is 0 Å². The molecule has 1 aromatic heterocycles. The average Bonchev–Trinajstić information content (AvgIpc) is 2.90. The summed E-state index contributed by atoms with van der Waals surface area (Å²) in [7, 11) is 0. The van der Waals surface area contributed by atoms with E-state index in [4.69, 9.17) is 9.47 Å². The van der Waals surface area contributed by atoms with Crippen LogP contribution in [-0.4, -0.2) is 16.8 Å². The summed E-state index contributed by atoms with van der Waals surface area (Å²) in [4.78, 5) is 7.59. The molecule has 0 bridgehead atoms. The Morgan fingerprint density at radius 3 is 2.89 bits per heavy atom. The summed E-state index contributed by atoms with van der Waals surface area (Å²) in [6, 6.07) is 8.10. The van der Waals surface area contributed by atoms with Crippen LogP contribution in [0.2, 0.25) is 0 Å².